The topological polar surface area (TPSA) is 81.9 Å². The monoisotopic (exact) mass is 357 g/mol. The summed E-state index contributed by atoms with van der Waals surface area (Å²) in [7, 11) is 0. The predicted molar refractivity (Wildman–Crippen MR) is 95.5 cm³/mol. The Kier molecular flexibility index (Phi) is 5.73. The second kappa shape index (κ2) is 8.39. The Morgan fingerprint density at radius 1 is 1.32 bits per heavy atom. The van der Waals surface area contributed by atoms with Crippen LogP contribution in [0.4, 0.5) is 5.13 Å². The summed E-state index contributed by atoms with van der Waals surface area (Å²) in [6, 6.07) is 9.57. The van der Waals surface area contributed by atoms with Gasteiger partial charge in [0.2, 0.25) is 5.91 Å². The molecule has 0 fully saturated rings. The van der Waals surface area contributed by atoms with Crippen molar-refractivity contribution in [3.05, 3.63) is 53.3 Å². The molecular weight excluding hydrogens is 338 g/mol. The zero-order chi connectivity index (χ0) is 17.5. The molecule has 2 aromatic heterocycles. The second-order valence-corrected chi connectivity index (χ2v) is 6.38. The van der Waals surface area contributed by atoms with Crippen LogP contribution < -0.4 is 10.1 Å². The summed E-state index contributed by atoms with van der Waals surface area (Å²) in [6.45, 7) is 2.90. The minimum Gasteiger partial charge on any atom is -0.487 e. The molecule has 7 nitrogen and oxygen atoms in total. The summed E-state index contributed by atoms with van der Waals surface area (Å²) in [5.74, 6) is 0.758. The van der Waals surface area contributed by atoms with Crippen molar-refractivity contribution in [2.24, 2.45) is 0 Å². The number of hydrogen-bond acceptors (Lipinski definition) is 6. The van der Waals surface area contributed by atoms with Gasteiger partial charge in [-0.3, -0.25) is 9.48 Å². The van der Waals surface area contributed by atoms with E-state index in [4.69, 9.17) is 4.74 Å². The molecule has 25 heavy (non-hydrogen) atoms. The number of amides is 1. The SMILES string of the molecule is Cc1csc(NC(=O)CCCn2cc(COc3ccccc3)nn2)n1. The molecule has 0 aliphatic heterocycles. The fourth-order valence-corrected chi connectivity index (χ4v) is 2.89. The Morgan fingerprint density at radius 2 is 2.16 bits per heavy atom. The van der Waals surface area contributed by atoms with Crippen LogP contribution in [0.2, 0.25) is 0 Å². The molecule has 0 bridgehead atoms. The highest BCUT2D eigenvalue weighted by Gasteiger charge is 2.06. The number of nitrogens with zero attached hydrogens (tertiary/aromatic N) is 4. The van der Waals surface area contributed by atoms with Crippen molar-refractivity contribution >= 4 is 22.4 Å². The first kappa shape index (κ1) is 17.1. The summed E-state index contributed by atoms with van der Waals surface area (Å²) in [6.07, 6.45) is 2.93. The Balaban J connectivity index is 1.39. The summed E-state index contributed by atoms with van der Waals surface area (Å²) in [5.41, 5.74) is 1.67. The molecule has 1 N–H and O–H groups in total. The minimum absolute atomic E-state index is 0.0397. The highest BCUT2D eigenvalue weighted by atomic mass is 32.1. The molecule has 3 aromatic rings. The van der Waals surface area contributed by atoms with Gasteiger partial charge in [0.15, 0.2) is 5.13 Å². The normalized spacial score (nSPS) is 10.6. The standard InChI is InChI=1S/C17H19N5O2S/c1-13-12-25-17(18-13)19-16(23)8-5-9-22-10-14(20-21-22)11-24-15-6-3-2-4-7-15/h2-4,6-7,10,12H,5,8-9,11H2,1H3,(H,18,19,23). The number of nitrogens with one attached hydrogen (secondary N) is 1. The quantitative estimate of drug-likeness (QED) is 0.670. The first-order valence-corrected chi connectivity index (χ1v) is 8.86. The smallest absolute Gasteiger partial charge is 0.226 e. The van der Waals surface area contributed by atoms with Gasteiger partial charge in [0.25, 0.3) is 0 Å². The summed E-state index contributed by atoms with van der Waals surface area (Å²) in [4.78, 5) is 16.1. The van der Waals surface area contributed by atoms with E-state index in [1.165, 1.54) is 11.3 Å². The maximum Gasteiger partial charge on any atom is 0.226 e. The van der Waals surface area contributed by atoms with Crippen molar-refractivity contribution < 1.29 is 9.53 Å². The summed E-state index contributed by atoms with van der Waals surface area (Å²) < 4.78 is 7.36. The average molecular weight is 357 g/mol. The van der Waals surface area contributed by atoms with Gasteiger partial charge in [0.1, 0.15) is 18.1 Å². The lowest BCUT2D eigenvalue weighted by molar-refractivity contribution is -0.116. The van der Waals surface area contributed by atoms with Crippen LogP contribution in [0, 0.1) is 6.92 Å². The van der Waals surface area contributed by atoms with E-state index in [-0.39, 0.29) is 5.91 Å². The van der Waals surface area contributed by atoms with Crippen molar-refractivity contribution in [1.29, 1.82) is 0 Å². The maximum absolute atomic E-state index is 11.9. The van der Waals surface area contributed by atoms with Gasteiger partial charge in [-0.1, -0.05) is 23.4 Å². The minimum atomic E-state index is -0.0397. The van der Waals surface area contributed by atoms with Crippen LogP contribution in [-0.2, 0) is 17.9 Å². The number of carbonyl (C=O) groups excluding carboxylic acids is 1. The number of benzene rings is 1. The molecule has 0 saturated heterocycles. The predicted octanol–water partition coefficient (Wildman–Crippen LogP) is 3.04. The van der Waals surface area contributed by atoms with Crippen molar-refractivity contribution in [2.45, 2.75) is 32.9 Å². The van der Waals surface area contributed by atoms with Gasteiger partial charge in [-0.25, -0.2) is 4.98 Å². The van der Waals surface area contributed by atoms with Crippen LogP contribution in [0.15, 0.2) is 41.9 Å². The van der Waals surface area contributed by atoms with E-state index in [2.05, 4.69) is 20.6 Å². The van der Waals surface area contributed by atoms with Gasteiger partial charge in [-0.15, -0.1) is 16.4 Å². The summed E-state index contributed by atoms with van der Waals surface area (Å²) in [5, 5.41) is 13.5. The first-order valence-electron chi connectivity index (χ1n) is 7.98. The molecule has 2 heterocycles. The molecule has 3 rings (SSSR count). The van der Waals surface area contributed by atoms with E-state index in [0.29, 0.717) is 31.1 Å². The fourth-order valence-electron chi connectivity index (χ4n) is 2.18. The Labute approximate surface area is 149 Å². The molecule has 130 valence electrons. The van der Waals surface area contributed by atoms with Gasteiger partial charge in [0.05, 0.1) is 11.9 Å². The highest BCUT2D eigenvalue weighted by Crippen LogP contribution is 2.15. The zero-order valence-electron chi connectivity index (χ0n) is 13.9. The van der Waals surface area contributed by atoms with E-state index >= 15 is 0 Å². The Morgan fingerprint density at radius 3 is 2.92 bits per heavy atom. The van der Waals surface area contributed by atoms with E-state index in [9.17, 15) is 4.79 Å². The van der Waals surface area contributed by atoms with Gasteiger partial charge < -0.3 is 10.1 Å². The Hall–Kier alpha value is -2.74. The Bertz CT molecular complexity index is 815. The number of carbonyl (C=O) groups is 1. The van der Waals surface area contributed by atoms with Gasteiger partial charge in [-0.2, -0.15) is 0 Å². The van der Waals surface area contributed by atoms with E-state index in [0.717, 1.165) is 17.1 Å². The molecule has 8 heteroatoms. The number of ether oxygens (including phenoxy) is 1. The molecule has 1 aromatic carbocycles. The van der Waals surface area contributed by atoms with Crippen LogP contribution in [0.3, 0.4) is 0 Å². The number of para-hydroxylation sites is 1. The van der Waals surface area contributed by atoms with Crippen molar-refractivity contribution in [1.82, 2.24) is 20.0 Å². The molecule has 0 spiro atoms. The van der Waals surface area contributed by atoms with Gasteiger partial charge in [-0.05, 0) is 25.5 Å². The molecule has 1 amide bonds. The van der Waals surface area contributed by atoms with Crippen molar-refractivity contribution in [3.63, 3.8) is 0 Å². The van der Waals surface area contributed by atoms with Crippen LogP contribution in [0.25, 0.3) is 0 Å². The lowest BCUT2D eigenvalue weighted by atomic mass is 10.3. The van der Waals surface area contributed by atoms with Crippen LogP contribution in [-0.4, -0.2) is 25.9 Å². The van der Waals surface area contributed by atoms with Crippen molar-refractivity contribution in [2.75, 3.05) is 5.32 Å². The number of aryl methyl sites for hydroxylation is 2. The van der Waals surface area contributed by atoms with E-state index in [1.54, 1.807) is 4.68 Å². The molecule has 0 unspecified atom stereocenters. The number of hydrogen-bond donors (Lipinski definition) is 1. The zero-order valence-corrected chi connectivity index (χ0v) is 14.7. The maximum atomic E-state index is 11.9. The van der Waals surface area contributed by atoms with Gasteiger partial charge in [0, 0.05) is 18.3 Å². The molecule has 0 aliphatic rings. The molecular formula is C17H19N5O2S. The van der Waals surface area contributed by atoms with Gasteiger partial charge >= 0.3 is 0 Å². The van der Waals surface area contributed by atoms with E-state index < -0.39 is 0 Å². The highest BCUT2D eigenvalue weighted by molar-refractivity contribution is 7.13. The van der Waals surface area contributed by atoms with Crippen LogP contribution in [0.5, 0.6) is 5.75 Å². The third-order valence-electron chi connectivity index (χ3n) is 3.37. The van der Waals surface area contributed by atoms with E-state index in [1.807, 2.05) is 48.8 Å². The second-order valence-electron chi connectivity index (χ2n) is 5.52. The number of thiazole rings is 1. The first-order chi connectivity index (χ1) is 12.2. The lowest BCUT2D eigenvalue weighted by Gasteiger charge is -2.03. The lowest BCUT2D eigenvalue weighted by Crippen LogP contribution is -2.12. The average Bonchev–Trinajstić information content (AvgIpc) is 3.23. The molecule has 0 saturated carbocycles. The number of aromatic nitrogens is 4. The fraction of sp³-hybridized carbons (Fsp3) is 0.294. The third-order valence-corrected chi connectivity index (χ3v) is 4.25. The molecule has 0 atom stereocenters. The summed E-state index contributed by atoms with van der Waals surface area (Å²) >= 11 is 1.43. The van der Waals surface area contributed by atoms with Crippen LogP contribution in [0.1, 0.15) is 24.2 Å². The molecule has 0 aliphatic carbocycles. The number of rotatable bonds is 8. The number of anilines is 1. The largest absolute Gasteiger partial charge is 0.487 e. The molecule has 0 radical (unpaired) electrons. The van der Waals surface area contributed by atoms with Crippen LogP contribution >= 0.6 is 11.3 Å². The third kappa shape index (κ3) is 5.39. The van der Waals surface area contributed by atoms with Crippen molar-refractivity contribution in [3.8, 4) is 5.75 Å².